The maximum atomic E-state index is 13.9. The van der Waals surface area contributed by atoms with Gasteiger partial charge >= 0.3 is 4.87 Å². The Labute approximate surface area is 261 Å². The number of carbonyl (C=O) groups excluding carboxylic acids is 2. The van der Waals surface area contributed by atoms with Gasteiger partial charge in [0.05, 0.1) is 29.7 Å². The first-order valence-corrected chi connectivity index (χ1v) is 16.4. The lowest BCUT2D eigenvalue weighted by molar-refractivity contribution is -0.123. The summed E-state index contributed by atoms with van der Waals surface area (Å²) in [5, 5.41) is 0.915. The van der Waals surface area contributed by atoms with Crippen LogP contribution in [-0.2, 0) is 16.2 Å². The number of carbonyl (C=O) groups is 2. The summed E-state index contributed by atoms with van der Waals surface area (Å²) in [6.45, 7) is 2.45. The normalized spacial score (nSPS) is 28.2. The van der Waals surface area contributed by atoms with Crippen LogP contribution >= 0.6 is 23.1 Å². The van der Waals surface area contributed by atoms with Gasteiger partial charge in [0.15, 0.2) is 11.5 Å². The van der Waals surface area contributed by atoms with Crippen LogP contribution in [0.5, 0.6) is 11.5 Å². The minimum Gasteiger partial charge on any atom is -0.493 e. The summed E-state index contributed by atoms with van der Waals surface area (Å²) in [6, 6.07) is 19.7. The first kappa shape index (κ1) is 27.6. The van der Waals surface area contributed by atoms with Crippen molar-refractivity contribution in [3.05, 3.63) is 104 Å². The highest BCUT2D eigenvalue weighted by Crippen LogP contribution is 2.68. The first-order chi connectivity index (χ1) is 21.3. The second-order valence-electron chi connectivity index (χ2n) is 12.1. The number of rotatable bonds is 6. The number of thiazole rings is 1. The largest absolute Gasteiger partial charge is 0.493 e. The Hall–Kier alpha value is -3.89. The number of methoxy groups -OCH3 is 1. The summed E-state index contributed by atoms with van der Waals surface area (Å²) in [7, 11) is 1.62. The number of thioether (sulfide) groups is 1. The number of fused-ring (bicyclic) bond motifs is 9. The molecule has 1 aromatic heterocycles. The van der Waals surface area contributed by atoms with Gasteiger partial charge in [-0.1, -0.05) is 47.2 Å². The second-order valence-corrected chi connectivity index (χ2v) is 14.3. The molecule has 3 heterocycles. The highest BCUT2D eigenvalue weighted by Gasteiger charge is 2.69. The van der Waals surface area contributed by atoms with Gasteiger partial charge in [0, 0.05) is 16.0 Å². The number of hydrogen-bond acceptors (Lipinski definition) is 7. The van der Waals surface area contributed by atoms with E-state index in [9.17, 15) is 18.8 Å². The lowest BCUT2D eigenvalue weighted by atomic mass is 9.68. The quantitative estimate of drug-likeness (QED) is 0.258. The Kier molecular flexibility index (Phi) is 6.50. The molecule has 8 rings (SSSR count). The predicted octanol–water partition coefficient (Wildman–Crippen LogP) is 6.15. The molecule has 7 nitrogen and oxygen atoms in total. The fourth-order valence-electron chi connectivity index (χ4n) is 8.19. The van der Waals surface area contributed by atoms with E-state index in [1.807, 2.05) is 43.3 Å². The average Bonchev–Trinajstić information content (AvgIpc) is 3.75. The van der Waals surface area contributed by atoms with Crippen molar-refractivity contribution in [1.82, 2.24) is 4.98 Å². The molecule has 3 aromatic carbocycles. The van der Waals surface area contributed by atoms with Crippen LogP contribution in [0, 0.1) is 42.3 Å². The van der Waals surface area contributed by atoms with Gasteiger partial charge in [-0.05, 0) is 78.6 Å². The number of imide groups is 1. The fourth-order valence-corrected chi connectivity index (χ4v) is 11.1. The molecule has 10 heteroatoms. The molecule has 4 aromatic rings. The molecule has 2 saturated carbocycles. The van der Waals surface area contributed by atoms with Crippen molar-refractivity contribution < 1.29 is 23.5 Å². The highest BCUT2D eigenvalue weighted by molar-refractivity contribution is 8.00. The Bertz CT molecular complexity index is 1870. The average molecular weight is 629 g/mol. The number of H-pyrrole nitrogens is 1. The number of ether oxygens (including phenoxy) is 2. The van der Waals surface area contributed by atoms with E-state index >= 15 is 0 Å². The van der Waals surface area contributed by atoms with Gasteiger partial charge in [-0.2, -0.15) is 0 Å². The Morgan fingerprint density at radius 2 is 1.73 bits per heavy atom. The predicted molar refractivity (Wildman–Crippen MR) is 166 cm³/mol. The van der Waals surface area contributed by atoms with Gasteiger partial charge in [-0.15, -0.1) is 11.8 Å². The summed E-state index contributed by atoms with van der Waals surface area (Å²) < 4.78 is 25.6. The Morgan fingerprint density at radius 1 is 0.955 bits per heavy atom. The topological polar surface area (TPSA) is 88.7 Å². The van der Waals surface area contributed by atoms with Crippen molar-refractivity contribution in [1.29, 1.82) is 0 Å². The number of benzene rings is 3. The molecule has 44 heavy (non-hydrogen) atoms. The van der Waals surface area contributed by atoms with Crippen molar-refractivity contribution in [2.75, 3.05) is 12.0 Å². The molecular formula is C34H29FN2O5S2. The van der Waals surface area contributed by atoms with E-state index in [4.69, 9.17) is 9.47 Å². The molecule has 2 aliphatic heterocycles. The maximum Gasteiger partial charge on any atom is 0.305 e. The number of aryl methyl sites for hydroxylation is 1. The SMILES string of the molecule is COc1cc([C@H]2c3sc(=O)[nH]c3SC3C4CC(C5C(=O)N(c6ccc(F)cc6)C(=O)C45)C32)ccc1OCc1cccc(C)c1. The molecule has 2 amide bonds. The van der Waals surface area contributed by atoms with Gasteiger partial charge in [0.1, 0.15) is 12.4 Å². The van der Waals surface area contributed by atoms with Crippen LogP contribution in [0.1, 0.15) is 33.9 Å². The third kappa shape index (κ3) is 4.18. The second kappa shape index (κ2) is 10.3. The molecule has 1 N–H and O–H groups in total. The smallest absolute Gasteiger partial charge is 0.305 e. The minimum absolute atomic E-state index is 0.000202. The molecular weight excluding hydrogens is 600 g/mol. The van der Waals surface area contributed by atoms with Crippen molar-refractivity contribution in [2.24, 2.45) is 29.6 Å². The van der Waals surface area contributed by atoms with Crippen molar-refractivity contribution in [3.8, 4) is 11.5 Å². The Balaban J connectivity index is 1.15. The lowest BCUT2D eigenvalue weighted by Crippen LogP contribution is -2.42. The molecule has 224 valence electrons. The monoisotopic (exact) mass is 628 g/mol. The molecule has 6 unspecified atom stereocenters. The lowest BCUT2D eigenvalue weighted by Gasteiger charge is -2.43. The summed E-state index contributed by atoms with van der Waals surface area (Å²) in [5.41, 5.74) is 3.63. The van der Waals surface area contributed by atoms with Crippen LogP contribution in [0.3, 0.4) is 0 Å². The van der Waals surface area contributed by atoms with Crippen LogP contribution in [0.4, 0.5) is 10.1 Å². The van der Waals surface area contributed by atoms with E-state index in [1.54, 1.807) is 18.9 Å². The maximum absolute atomic E-state index is 13.9. The van der Waals surface area contributed by atoms with Crippen molar-refractivity contribution in [3.63, 3.8) is 0 Å². The van der Waals surface area contributed by atoms with Gasteiger partial charge in [-0.25, -0.2) is 4.39 Å². The first-order valence-electron chi connectivity index (χ1n) is 14.7. The third-order valence-corrected chi connectivity index (χ3v) is 12.4. The summed E-state index contributed by atoms with van der Waals surface area (Å²) in [4.78, 5) is 45.5. The van der Waals surface area contributed by atoms with E-state index < -0.39 is 17.7 Å². The summed E-state index contributed by atoms with van der Waals surface area (Å²) >= 11 is 2.87. The number of aromatic amines is 1. The number of aromatic nitrogens is 1. The zero-order valence-electron chi connectivity index (χ0n) is 24.0. The number of hydrogen-bond donors (Lipinski definition) is 1. The van der Waals surface area contributed by atoms with Gasteiger partial charge in [-0.3, -0.25) is 19.3 Å². The van der Waals surface area contributed by atoms with Crippen LogP contribution in [0.15, 0.2) is 76.6 Å². The van der Waals surface area contributed by atoms with Crippen molar-refractivity contribution in [2.45, 2.75) is 36.1 Å². The number of anilines is 1. The van der Waals surface area contributed by atoms with Gasteiger partial charge < -0.3 is 14.5 Å². The molecule has 3 fully saturated rings. The van der Waals surface area contributed by atoms with Crippen LogP contribution < -0.4 is 19.2 Å². The van der Waals surface area contributed by atoms with Crippen LogP contribution in [0.2, 0.25) is 0 Å². The van der Waals surface area contributed by atoms with E-state index in [-0.39, 0.29) is 45.6 Å². The molecule has 0 spiro atoms. The highest BCUT2D eigenvalue weighted by atomic mass is 32.2. The van der Waals surface area contributed by atoms with E-state index in [0.29, 0.717) is 23.8 Å². The zero-order valence-corrected chi connectivity index (χ0v) is 25.6. The zero-order chi connectivity index (χ0) is 30.3. The minimum atomic E-state index is -0.432. The molecule has 4 aliphatic rings. The number of nitrogens with one attached hydrogen (secondary N) is 1. The fraction of sp³-hybridized carbons (Fsp3) is 0.324. The van der Waals surface area contributed by atoms with E-state index in [2.05, 4.69) is 11.1 Å². The van der Waals surface area contributed by atoms with Crippen LogP contribution in [0.25, 0.3) is 0 Å². The summed E-state index contributed by atoms with van der Waals surface area (Å²) in [5.74, 6) is -0.543. The summed E-state index contributed by atoms with van der Waals surface area (Å²) in [6.07, 6.45) is 0.789. The number of amides is 2. The van der Waals surface area contributed by atoms with Gasteiger partial charge in [0.2, 0.25) is 11.8 Å². The molecule has 2 bridgehead atoms. The van der Waals surface area contributed by atoms with Gasteiger partial charge in [0.25, 0.3) is 0 Å². The molecule has 0 radical (unpaired) electrons. The Morgan fingerprint density at radius 3 is 2.48 bits per heavy atom. The molecule has 2 aliphatic carbocycles. The number of nitrogens with zero attached hydrogens (tertiary/aromatic N) is 1. The van der Waals surface area contributed by atoms with E-state index in [0.717, 1.165) is 33.0 Å². The van der Waals surface area contributed by atoms with Crippen LogP contribution in [-0.4, -0.2) is 29.2 Å². The van der Waals surface area contributed by atoms with E-state index in [1.165, 1.54) is 40.5 Å². The standard InChI is InChI=1S/C34H29FN2O5S2/c1-16-4-3-5-17(12-16)15-42-23-11-6-18(13-24(23)41-2)25-26-21-14-22(29(26)43-31-30(25)44-34(40)36-31)28-27(21)32(38)37(33(28)39)20-9-7-19(35)8-10-20/h3-13,21-22,25-29H,14-15H2,1-2H3,(H,36,40)/t21?,22?,25-,26?,27?,28?,29?/m1/s1. The molecule has 1 saturated heterocycles. The van der Waals surface area contributed by atoms with Crippen molar-refractivity contribution >= 4 is 40.6 Å². The molecule has 7 atom stereocenters. The third-order valence-electron chi connectivity index (χ3n) is 9.83. The number of halogens is 1.